The Hall–Kier alpha value is -0.450. The molecular weight excluding hydrogens is 290 g/mol. The van der Waals surface area contributed by atoms with E-state index in [2.05, 4.69) is 30.1 Å². The highest BCUT2D eigenvalue weighted by Gasteiger charge is 2.27. The van der Waals surface area contributed by atoms with Gasteiger partial charge in [0, 0.05) is 36.2 Å². The fraction of sp³-hybridized carbons (Fsp3) is 0.667. The molecule has 2 heterocycles. The molecule has 0 spiro atoms. The van der Waals surface area contributed by atoms with E-state index in [0.29, 0.717) is 17.3 Å². The van der Waals surface area contributed by atoms with Crippen LogP contribution < -0.4 is 10.2 Å². The molecule has 1 aromatic heterocycles. The first kappa shape index (κ1) is 14.5. The first-order valence-electron chi connectivity index (χ1n) is 7.42. The Bertz CT molecular complexity index is 478. The van der Waals surface area contributed by atoms with Crippen LogP contribution >= 0.6 is 23.4 Å². The number of rotatable bonds is 4. The summed E-state index contributed by atoms with van der Waals surface area (Å²) in [4.78, 5) is 7.22. The number of hydrogen-bond acceptors (Lipinski definition) is 4. The molecule has 2 aliphatic rings. The molecular formula is C15H22ClN3S. The van der Waals surface area contributed by atoms with E-state index < -0.39 is 0 Å². The van der Waals surface area contributed by atoms with Crippen molar-refractivity contribution in [2.45, 2.75) is 50.6 Å². The summed E-state index contributed by atoms with van der Waals surface area (Å²) in [6, 6.07) is 5.25. The molecule has 0 radical (unpaired) electrons. The third-order valence-electron chi connectivity index (χ3n) is 4.22. The number of hydrogen-bond donors (Lipinski definition) is 1. The van der Waals surface area contributed by atoms with Crippen LogP contribution in [0.25, 0.3) is 0 Å². The van der Waals surface area contributed by atoms with E-state index in [0.717, 1.165) is 29.6 Å². The van der Waals surface area contributed by atoms with Crippen molar-refractivity contribution in [3.05, 3.63) is 22.8 Å². The average molecular weight is 312 g/mol. The lowest BCUT2D eigenvalue weighted by Gasteiger charge is -2.38. The van der Waals surface area contributed by atoms with Crippen LogP contribution in [0.3, 0.4) is 0 Å². The van der Waals surface area contributed by atoms with Crippen LogP contribution in [0.2, 0.25) is 5.02 Å². The van der Waals surface area contributed by atoms with E-state index in [-0.39, 0.29) is 0 Å². The van der Waals surface area contributed by atoms with Gasteiger partial charge in [0.25, 0.3) is 0 Å². The molecule has 3 rings (SSSR count). The van der Waals surface area contributed by atoms with Gasteiger partial charge in [-0.05, 0) is 31.9 Å². The molecule has 5 heteroatoms. The van der Waals surface area contributed by atoms with E-state index >= 15 is 0 Å². The number of nitrogens with zero attached hydrogens (tertiary/aromatic N) is 2. The molecule has 0 amide bonds. The Kier molecular flexibility index (Phi) is 4.43. The van der Waals surface area contributed by atoms with Gasteiger partial charge in [0.2, 0.25) is 0 Å². The molecule has 2 fully saturated rings. The lowest BCUT2D eigenvalue weighted by atomic mass is 10.2. The largest absolute Gasteiger partial charge is 0.352 e. The minimum absolute atomic E-state index is 0.520. The Morgan fingerprint density at radius 2 is 2.20 bits per heavy atom. The number of nitrogens with one attached hydrogen (secondary N) is 1. The van der Waals surface area contributed by atoms with Gasteiger partial charge in [-0.1, -0.05) is 18.5 Å². The molecule has 20 heavy (non-hydrogen) atoms. The van der Waals surface area contributed by atoms with Crippen LogP contribution in [-0.4, -0.2) is 34.6 Å². The highest BCUT2D eigenvalue weighted by molar-refractivity contribution is 8.00. The first-order valence-corrected chi connectivity index (χ1v) is 8.85. The fourth-order valence-electron chi connectivity index (χ4n) is 2.54. The Morgan fingerprint density at radius 3 is 2.95 bits per heavy atom. The Balaban J connectivity index is 1.76. The van der Waals surface area contributed by atoms with E-state index in [4.69, 9.17) is 16.6 Å². The van der Waals surface area contributed by atoms with Gasteiger partial charge in [-0.2, -0.15) is 11.8 Å². The minimum atomic E-state index is 0.520. The van der Waals surface area contributed by atoms with Crippen LogP contribution in [0.4, 0.5) is 5.82 Å². The molecule has 0 aromatic carbocycles. The highest BCUT2D eigenvalue weighted by Crippen LogP contribution is 2.29. The fourth-order valence-corrected chi connectivity index (χ4v) is 3.81. The van der Waals surface area contributed by atoms with Crippen LogP contribution in [0.15, 0.2) is 12.1 Å². The highest BCUT2D eigenvalue weighted by atomic mass is 35.5. The second-order valence-corrected chi connectivity index (χ2v) is 7.66. The number of anilines is 1. The van der Waals surface area contributed by atoms with E-state index in [1.807, 2.05) is 17.8 Å². The van der Waals surface area contributed by atoms with Crippen LogP contribution in [0.5, 0.6) is 0 Å². The monoisotopic (exact) mass is 311 g/mol. The zero-order chi connectivity index (χ0) is 14.1. The van der Waals surface area contributed by atoms with Gasteiger partial charge in [-0.3, -0.25) is 0 Å². The predicted molar refractivity (Wildman–Crippen MR) is 87.8 cm³/mol. The standard InChI is InChI=1S/C15H22ClN3S/c1-10-11(2)20-8-7-19(10)15-6-5-13(16)14(18-15)9-17-12-3-4-12/h5-6,10-12,17H,3-4,7-9H2,1-2H3. The average Bonchev–Trinajstić information content (AvgIpc) is 3.25. The molecule has 0 bridgehead atoms. The number of aromatic nitrogens is 1. The van der Waals surface area contributed by atoms with Crippen molar-refractivity contribution in [2.24, 2.45) is 0 Å². The summed E-state index contributed by atoms with van der Waals surface area (Å²) < 4.78 is 0. The van der Waals surface area contributed by atoms with Crippen molar-refractivity contribution >= 4 is 29.2 Å². The van der Waals surface area contributed by atoms with Crippen molar-refractivity contribution in [1.82, 2.24) is 10.3 Å². The van der Waals surface area contributed by atoms with Crippen LogP contribution in [0.1, 0.15) is 32.4 Å². The van der Waals surface area contributed by atoms with E-state index in [9.17, 15) is 0 Å². The van der Waals surface area contributed by atoms with Gasteiger partial charge in [0.15, 0.2) is 0 Å². The Morgan fingerprint density at radius 1 is 1.40 bits per heavy atom. The summed E-state index contributed by atoms with van der Waals surface area (Å²) in [5, 5.41) is 4.91. The van der Waals surface area contributed by atoms with Gasteiger partial charge in [-0.25, -0.2) is 4.98 Å². The van der Waals surface area contributed by atoms with Crippen molar-refractivity contribution in [3.8, 4) is 0 Å². The molecule has 2 unspecified atom stereocenters. The van der Waals surface area contributed by atoms with E-state index in [1.165, 1.54) is 18.6 Å². The Labute approximate surface area is 130 Å². The number of halogens is 1. The SMILES string of the molecule is CC1SCCN(c2ccc(Cl)c(CNC3CC3)n2)C1C. The second-order valence-electron chi connectivity index (χ2n) is 5.76. The molecule has 1 aliphatic carbocycles. The third kappa shape index (κ3) is 3.23. The van der Waals surface area contributed by atoms with Crippen molar-refractivity contribution in [2.75, 3.05) is 17.2 Å². The maximum atomic E-state index is 6.28. The zero-order valence-corrected chi connectivity index (χ0v) is 13.7. The van der Waals surface area contributed by atoms with Crippen molar-refractivity contribution in [3.63, 3.8) is 0 Å². The molecule has 1 N–H and O–H groups in total. The number of thioether (sulfide) groups is 1. The third-order valence-corrected chi connectivity index (χ3v) is 5.90. The maximum absolute atomic E-state index is 6.28. The second kappa shape index (κ2) is 6.12. The topological polar surface area (TPSA) is 28.2 Å². The quantitative estimate of drug-likeness (QED) is 0.923. The summed E-state index contributed by atoms with van der Waals surface area (Å²) in [5.41, 5.74) is 0.981. The molecule has 1 saturated heterocycles. The van der Waals surface area contributed by atoms with E-state index in [1.54, 1.807) is 0 Å². The van der Waals surface area contributed by atoms with Gasteiger partial charge < -0.3 is 10.2 Å². The van der Waals surface area contributed by atoms with Gasteiger partial charge in [0.1, 0.15) is 5.82 Å². The molecule has 3 nitrogen and oxygen atoms in total. The summed E-state index contributed by atoms with van der Waals surface area (Å²) >= 11 is 8.33. The van der Waals surface area contributed by atoms with Crippen LogP contribution in [0, 0.1) is 0 Å². The molecule has 2 atom stereocenters. The normalized spacial score (nSPS) is 26.9. The predicted octanol–water partition coefficient (Wildman–Crippen LogP) is 3.32. The van der Waals surface area contributed by atoms with Gasteiger partial charge in [-0.15, -0.1) is 0 Å². The molecule has 110 valence electrons. The zero-order valence-electron chi connectivity index (χ0n) is 12.1. The minimum Gasteiger partial charge on any atom is -0.352 e. The van der Waals surface area contributed by atoms with Crippen molar-refractivity contribution < 1.29 is 0 Å². The molecule has 1 aromatic rings. The molecule has 1 saturated carbocycles. The summed E-state index contributed by atoms with van der Waals surface area (Å²) in [6.07, 6.45) is 2.57. The summed E-state index contributed by atoms with van der Waals surface area (Å²) in [5.74, 6) is 2.24. The first-order chi connectivity index (χ1) is 9.65. The lowest BCUT2D eigenvalue weighted by Crippen LogP contribution is -2.45. The lowest BCUT2D eigenvalue weighted by molar-refractivity contribution is 0.615. The maximum Gasteiger partial charge on any atom is 0.129 e. The van der Waals surface area contributed by atoms with Crippen LogP contribution in [-0.2, 0) is 6.54 Å². The van der Waals surface area contributed by atoms with Crippen molar-refractivity contribution in [1.29, 1.82) is 0 Å². The summed E-state index contributed by atoms with van der Waals surface area (Å²) in [6.45, 7) is 6.44. The smallest absolute Gasteiger partial charge is 0.129 e. The van der Waals surface area contributed by atoms with Gasteiger partial charge >= 0.3 is 0 Å². The summed E-state index contributed by atoms with van der Waals surface area (Å²) in [7, 11) is 0. The van der Waals surface area contributed by atoms with Gasteiger partial charge in [0.05, 0.1) is 10.7 Å². The number of pyridine rings is 1. The molecule has 1 aliphatic heterocycles.